The Hall–Kier alpha value is -0.470. The zero-order chi connectivity index (χ0) is 11.5. The Morgan fingerprint density at radius 3 is 2.13 bits per heavy atom. The molecule has 0 aliphatic rings. The molecule has 2 N–H and O–H groups in total. The van der Waals surface area contributed by atoms with Crippen LogP contribution in [0.4, 0.5) is 0 Å². The maximum Gasteiger partial charge on any atom is 0.0273 e. The van der Waals surface area contributed by atoms with Crippen molar-refractivity contribution in [2.45, 2.75) is 43.3 Å². The fraction of sp³-hybridized carbons (Fsp3) is 0.538. The van der Waals surface area contributed by atoms with Crippen molar-refractivity contribution in [3.8, 4) is 0 Å². The summed E-state index contributed by atoms with van der Waals surface area (Å²) in [6.45, 7) is 9.48. The van der Waals surface area contributed by atoms with E-state index < -0.39 is 0 Å². The molecule has 2 heteroatoms. The van der Waals surface area contributed by atoms with Crippen LogP contribution in [0.15, 0.2) is 29.2 Å². The summed E-state index contributed by atoms with van der Waals surface area (Å²) in [5.74, 6) is 0.603. The minimum atomic E-state index is 0.124. The molecule has 0 unspecified atom stereocenters. The lowest BCUT2D eigenvalue weighted by Gasteiger charge is -2.21. The van der Waals surface area contributed by atoms with Crippen molar-refractivity contribution in [2.24, 2.45) is 5.73 Å². The summed E-state index contributed by atoms with van der Waals surface area (Å²) in [5, 5.41) is 0. The number of hydrogen-bond acceptors (Lipinski definition) is 2. The summed E-state index contributed by atoms with van der Waals surface area (Å²) in [7, 11) is 0. The molecule has 0 saturated heterocycles. The molecule has 1 rings (SSSR count). The molecule has 0 aliphatic carbocycles. The van der Waals surface area contributed by atoms with Gasteiger partial charge in [0.05, 0.1) is 0 Å². The van der Waals surface area contributed by atoms with Crippen molar-refractivity contribution >= 4 is 11.8 Å². The molecular formula is C13H21NS. The summed E-state index contributed by atoms with van der Waals surface area (Å²) in [4.78, 5) is 1.30. The third-order valence-corrected chi connectivity index (χ3v) is 3.66. The molecule has 0 radical (unpaired) electrons. The van der Waals surface area contributed by atoms with Crippen LogP contribution in [-0.4, -0.2) is 11.3 Å². The van der Waals surface area contributed by atoms with E-state index in [1.165, 1.54) is 10.5 Å². The Balaban J connectivity index is 2.73. The maximum absolute atomic E-state index is 5.71. The highest BCUT2D eigenvalue weighted by atomic mass is 32.2. The fourth-order valence-electron chi connectivity index (χ4n) is 1.28. The molecule has 0 fully saturated rings. The molecule has 1 nitrogen and oxygen atoms in total. The zero-order valence-electron chi connectivity index (χ0n) is 10.1. The third kappa shape index (κ3) is 3.88. The van der Waals surface area contributed by atoms with Gasteiger partial charge in [-0.2, -0.15) is 0 Å². The zero-order valence-corrected chi connectivity index (χ0v) is 10.9. The predicted molar refractivity (Wildman–Crippen MR) is 69.5 cm³/mol. The summed E-state index contributed by atoms with van der Waals surface area (Å²) >= 11 is 1.84. The van der Waals surface area contributed by atoms with Crippen LogP contribution >= 0.6 is 11.8 Å². The van der Waals surface area contributed by atoms with Gasteiger partial charge in [0.1, 0.15) is 0 Å². The Labute approximate surface area is 97.4 Å². The highest BCUT2D eigenvalue weighted by Crippen LogP contribution is 2.32. The molecule has 0 aromatic heterocycles. The van der Waals surface area contributed by atoms with Gasteiger partial charge in [0.2, 0.25) is 0 Å². The monoisotopic (exact) mass is 223 g/mol. The predicted octanol–water partition coefficient (Wildman–Crippen LogP) is 3.64. The molecule has 0 amide bonds. The molecule has 0 saturated carbocycles. The molecule has 0 atom stereocenters. The van der Waals surface area contributed by atoms with Crippen LogP contribution < -0.4 is 5.73 Å². The van der Waals surface area contributed by atoms with Crippen molar-refractivity contribution in [3.05, 3.63) is 29.8 Å². The molecular weight excluding hydrogens is 202 g/mol. The van der Waals surface area contributed by atoms with Gasteiger partial charge in [-0.05, 0) is 37.5 Å². The van der Waals surface area contributed by atoms with Gasteiger partial charge in [-0.15, -0.1) is 11.8 Å². The van der Waals surface area contributed by atoms with Gasteiger partial charge in [-0.1, -0.05) is 26.0 Å². The van der Waals surface area contributed by atoms with Gasteiger partial charge in [0, 0.05) is 16.2 Å². The van der Waals surface area contributed by atoms with E-state index in [2.05, 4.69) is 52.0 Å². The fourth-order valence-corrected chi connectivity index (χ4v) is 2.28. The second-order valence-electron chi connectivity index (χ2n) is 4.79. The first kappa shape index (κ1) is 12.6. The summed E-state index contributed by atoms with van der Waals surface area (Å²) < 4.78 is 0.124. The second-order valence-corrected chi connectivity index (χ2v) is 6.57. The normalized spacial score (nSPS) is 12.1. The van der Waals surface area contributed by atoms with E-state index in [1.54, 1.807) is 0 Å². The highest BCUT2D eigenvalue weighted by Gasteiger charge is 2.16. The number of hydrogen-bond donors (Lipinski definition) is 1. The van der Waals surface area contributed by atoms with Crippen LogP contribution in [0, 0.1) is 0 Å². The third-order valence-electron chi connectivity index (χ3n) is 2.43. The molecule has 0 aliphatic heterocycles. The molecule has 84 valence electrons. The van der Waals surface area contributed by atoms with Gasteiger partial charge in [-0.25, -0.2) is 0 Å². The number of benzene rings is 1. The lowest BCUT2D eigenvalue weighted by Crippen LogP contribution is -2.26. The first-order valence-corrected chi connectivity index (χ1v) is 6.25. The average molecular weight is 223 g/mol. The van der Waals surface area contributed by atoms with E-state index in [9.17, 15) is 0 Å². The summed E-state index contributed by atoms with van der Waals surface area (Å²) in [5.41, 5.74) is 7.10. The van der Waals surface area contributed by atoms with Crippen molar-refractivity contribution in [3.63, 3.8) is 0 Å². The minimum Gasteiger partial charge on any atom is -0.329 e. The van der Waals surface area contributed by atoms with E-state index in [0.717, 1.165) is 0 Å². The molecule has 1 aromatic rings. The number of rotatable bonds is 4. The Morgan fingerprint density at radius 1 is 1.20 bits per heavy atom. The van der Waals surface area contributed by atoms with Crippen LogP contribution in [0.25, 0.3) is 0 Å². The van der Waals surface area contributed by atoms with Crippen molar-refractivity contribution in [1.29, 1.82) is 0 Å². The van der Waals surface area contributed by atoms with Gasteiger partial charge in [0.25, 0.3) is 0 Å². The van der Waals surface area contributed by atoms with E-state index in [-0.39, 0.29) is 4.75 Å². The quantitative estimate of drug-likeness (QED) is 0.789. The minimum absolute atomic E-state index is 0.124. The molecule has 0 bridgehead atoms. The summed E-state index contributed by atoms with van der Waals surface area (Å²) in [6, 6.07) is 8.80. The molecule has 0 heterocycles. The van der Waals surface area contributed by atoms with Gasteiger partial charge in [-0.3, -0.25) is 0 Å². The second kappa shape index (κ2) is 5.04. The van der Waals surface area contributed by atoms with Crippen molar-refractivity contribution in [2.75, 3.05) is 6.54 Å². The van der Waals surface area contributed by atoms with Gasteiger partial charge in [0.15, 0.2) is 0 Å². The van der Waals surface area contributed by atoms with Gasteiger partial charge < -0.3 is 5.73 Å². The Bertz CT molecular complexity index is 301. The first-order chi connectivity index (χ1) is 6.94. The van der Waals surface area contributed by atoms with Crippen LogP contribution in [-0.2, 0) is 0 Å². The topological polar surface area (TPSA) is 26.0 Å². The smallest absolute Gasteiger partial charge is 0.0273 e. The molecule has 0 spiro atoms. The number of nitrogens with two attached hydrogens (primary N) is 1. The van der Waals surface area contributed by atoms with Crippen molar-refractivity contribution in [1.82, 2.24) is 0 Å². The Kier molecular flexibility index (Phi) is 4.23. The van der Waals surface area contributed by atoms with Crippen LogP contribution in [0.3, 0.4) is 0 Å². The van der Waals surface area contributed by atoms with Crippen molar-refractivity contribution < 1.29 is 0 Å². The lowest BCUT2D eigenvalue weighted by molar-refractivity contribution is 0.723. The summed E-state index contributed by atoms with van der Waals surface area (Å²) in [6.07, 6.45) is 0. The maximum atomic E-state index is 5.71. The average Bonchev–Trinajstić information content (AvgIpc) is 2.18. The number of thioether (sulfide) groups is 1. The highest BCUT2D eigenvalue weighted by molar-refractivity contribution is 8.00. The SMILES string of the molecule is CC(C)c1ccc(SC(C)(C)CN)cc1. The lowest BCUT2D eigenvalue weighted by atomic mass is 10.0. The Morgan fingerprint density at radius 2 is 1.73 bits per heavy atom. The largest absolute Gasteiger partial charge is 0.329 e. The van der Waals surface area contributed by atoms with E-state index in [1.807, 2.05) is 11.8 Å². The standard InChI is InChI=1S/C13H21NS/c1-10(2)11-5-7-12(8-6-11)15-13(3,4)9-14/h5-8,10H,9,14H2,1-4H3. The van der Waals surface area contributed by atoms with Crippen LogP contribution in [0.1, 0.15) is 39.2 Å². The first-order valence-electron chi connectivity index (χ1n) is 5.43. The van der Waals surface area contributed by atoms with E-state index in [0.29, 0.717) is 12.5 Å². The van der Waals surface area contributed by atoms with Crippen LogP contribution in [0.2, 0.25) is 0 Å². The molecule has 15 heavy (non-hydrogen) atoms. The van der Waals surface area contributed by atoms with Crippen LogP contribution in [0.5, 0.6) is 0 Å². The van der Waals surface area contributed by atoms with E-state index >= 15 is 0 Å². The molecule has 1 aromatic carbocycles. The van der Waals surface area contributed by atoms with Gasteiger partial charge >= 0.3 is 0 Å². The van der Waals surface area contributed by atoms with E-state index in [4.69, 9.17) is 5.73 Å².